The van der Waals surface area contributed by atoms with E-state index in [1.807, 2.05) is 43.4 Å². The molecular weight excluding hydrogens is 246 g/mol. The largest absolute Gasteiger partial charge is 0.496 e. The molecule has 2 nitrogen and oxygen atoms in total. The Morgan fingerprint density at radius 1 is 1.17 bits per heavy atom. The van der Waals surface area contributed by atoms with Crippen molar-refractivity contribution in [1.29, 1.82) is 0 Å². The van der Waals surface area contributed by atoms with Gasteiger partial charge in [-0.3, -0.25) is 0 Å². The van der Waals surface area contributed by atoms with Crippen LogP contribution in [0.4, 0.5) is 0 Å². The lowest BCUT2D eigenvalue weighted by Crippen LogP contribution is -2.05. The smallest absolute Gasteiger partial charge is 0.126 e. The fraction of sp³-hybridized carbons (Fsp3) is 0.200. The van der Waals surface area contributed by atoms with E-state index in [4.69, 9.17) is 16.3 Å². The average molecular weight is 262 g/mol. The van der Waals surface area contributed by atoms with E-state index in [2.05, 4.69) is 11.4 Å². The number of hydrogen-bond acceptors (Lipinski definition) is 2. The molecule has 3 heteroatoms. The summed E-state index contributed by atoms with van der Waals surface area (Å²) in [5, 5.41) is 3.90. The number of para-hydroxylation sites is 1. The molecule has 2 rings (SSSR count). The molecule has 2 aromatic rings. The zero-order valence-corrected chi connectivity index (χ0v) is 11.3. The molecule has 94 valence electrons. The Morgan fingerprint density at radius 3 is 2.67 bits per heavy atom. The molecule has 0 radical (unpaired) electrons. The fourth-order valence-corrected chi connectivity index (χ4v) is 2.14. The molecule has 0 spiro atoms. The zero-order chi connectivity index (χ0) is 13.0. The summed E-state index contributed by atoms with van der Waals surface area (Å²) in [7, 11) is 3.59. The van der Waals surface area contributed by atoms with E-state index < -0.39 is 0 Å². The van der Waals surface area contributed by atoms with Crippen molar-refractivity contribution in [3.8, 4) is 16.9 Å². The number of halogens is 1. The number of ether oxygens (including phenoxy) is 1. The van der Waals surface area contributed by atoms with E-state index in [9.17, 15) is 0 Å². The summed E-state index contributed by atoms with van der Waals surface area (Å²) in [4.78, 5) is 0. The van der Waals surface area contributed by atoms with Gasteiger partial charge in [-0.1, -0.05) is 35.9 Å². The highest BCUT2D eigenvalue weighted by molar-refractivity contribution is 6.31. The van der Waals surface area contributed by atoms with Crippen molar-refractivity contribution < 1.29 is 4.74 Å². The van der Waals surface area contributed by atoms with E-state index in [0.29, 0.717) is 0 Å². The van der Waals surface area contributed by atoms with Crippen molar-refractivity contribution in [2.45, 2.75) is 6.54 Å². The molecule has 0 aliphatic carbocycles. The van der Waals surface area contributed by atoms with Gasteiger partial charge in [0.1, 0.15) is 5.75 Å². The summed E-state index contributed by atoms with van der Waals surface area (Å²) in [6, 6.07) is 14.0. The second-order valence-electron chi connectivity index (χ2n) is 4.04. The van der Waals surface area contributed by atoms with Gasteiger partial charge in [0.2, 0.25) is 0 Å². The van der Waals surface area contributed by atoms with Crippen molar-refractivity contribution in [2.24, 2.45) is 0 Å². The monoisotopic (exact) mass is 261 g/mol. The van der Waals surface area contributed by atoms with Gasteiger partial charge in [0.25, 0.3) is 0 Å². The minimum atomic E-state index is 0.752. The van der Waals surface area contributed by atoms with Gasteiger partial charge in [-0.05, 0) is 36.4 Å². The van der Waals surface area contributed by atoms with Crippen LogP contribution in [0.3, 0.4) is 0 Å². The number of hydrogen-bond donors (Lipinski definition) is 1. The maximum absolute atomic E-state index is 6.16. The molecule has 0 bridgehead atoms. The van der Waals surface area contributed by atoms with Gasteiger partial charge in [-0.15, -0.1) is 0 Å². The van der Waals surface area contributed by atoms with Gasteiger partial charge in [0.05, 0.1) is 7.11 Å². The molecule has 1 N–H and O–H groups in total. The van der Waals surface area contributed by atoms with Gasteiger partial charge < -0.3 is 10.1 Å². The first-order valence-corrected chi connectivity index (χ1v) is 6.20. The van der Waals surface area contributed by atoms with E-state index in [0.717, 1.165) is 34.0 Å². The van der Waals surface area contributed by atoms with Crippen LogP contribution in [0.1, 0.15) is 5.56 Å². The topological polar surface area (TPSA) is 21.3 Å². The number of rotatable bonds is 4. The zero-order valence-electron chi connectivity index (χ0n) is 10.5. The first kappa shape index (κ1) is 12.9. The Balaban J connectivity index is 2.47. The molecule has 0 unspecified atom stereocenters. The Morgan fingerprint density at radius 2 is 1.94 bits per heavy atom. The lowest BCUT2D eigenvalue weighted by molar-refractivity contribution is 0.416. The summed E-state index contributed by atoms with van der Waals surface area (Å²) >= 11 is 6.16. The highest BCUT2D eigenvalue weighted by atomic mass is 35.5. The maximum Gasteiger partial charge on any atom is 0.126 e. The Hall–Kier alpha value is -1.51. The molecule has 0 aliphatic rings. The van der Waals surface area contributed by atoms with Gasteiger partial charge in [0, 0.05) is 17.1 Å². The van der Waals surface area contributed by atoms with Crippen LogP contribution in [0.25, 0.3) is 11.1 Å². The second-order valence-corrected chi connectivity index (χ2v) is 4.44. The lowest BCUT2D eigenvalue weighted by Gasteiger charge is -2.11. The fourth-order valence-electron chi connectivity index (χ4n) is 1.95. The first-order chi connectivity index (χ1) is 8.76. The third-order valence-electron chi connectivity index (χ3n) is 2.83. The summed E-state index contributed by atoms with van der Waals surface area (Å²) in [6.07, 6.45) is 0. The van der Waals surface area contributed by atoms with Crippen LogP contribution in [-0.2, 0) is 6.54 Å². The van der Waals surface area contributed by atoms with Crippen LogP contribution in [0.15, 0.2) is 42.5 Å². The minimum absolute atomic E-state index is 0.752. The standard InChI is InChI=1S/C15H16ClNO/c1-17-10-12-9-11(7-8-14(12)16)13-5-3-4-6-15(13)18-2/h3-9,17H,10H2,1-2H3. The molecule has 18 heavy (non-hydrogen) atoms. The van der Waals surface area contributed by atoms with Crippen LogP contribution in [0, 0.1) is 0 Å². The maximum atomic E-state index is 6.16. The molecule has 0 heterocycles. The Bertz CT molecular complexity index is 540. The van der Waals surface area contributed by atoms with Crippen molar-refractivity contribution >= 4 is 11.6 Å². The van der Waals surface area contributed by atoms with E-state index in [1.54, 1.807) is 7.11 Å². The summed E-state index contributed by atoms with van der Waals surface area (Å²) in [5.41, 5.74) is 3.28. The third-order valence-corrected chi connectivity index (χ3v) is 3.20. The minimum Gasteiger partial charge on any atom is -0.496 e. The van der Waals surface area contributed by atoms with Crippen molar-refractivity contribution in [2.75, 3.05) is 14.2 Å². The number of nitrogens with one attached hydrogen (secondary N) is 1. The highest BCUT2D eigenvalue weighted by Gasteiger charge is 2.07. The number of methoxy groups -OCH3 is 1. The molecular formula is C15H16ClNO. The first-order valence-electron chi connectivity index (χ1n) is 5.82. The Kier molecular flexibility index (Phi) is 4.24. The molecule has 2 aromatic carbocycles. The predicted molar refractivity (Wildman–Crippen MR) is 76.2 cm³/mol. The normalized spacial score (nSPS) is 10.4. The van der Waals surface area contributed by atoms with Gasteiger partial charge >= 0.3 is 0 Å². The van der Waals surface area contributed by atoms with E-state index in [1.165, 1.54) is 0 Å². The third kappa shape index (κ3) is 2.66. The van der Waals surface area contributed by atoms with Gasteiger partial charge in [-0.2, -0.15) is 0 Å². The van der Waals surface area contributed by atoms with Crippen LogP contribution < -0.4 is 10.1 Å². The van der Waals surface area contributed by atoms with E-state index in [-0.39, 0.29) is 0 Å². The molecule has 0 saturated heterocycles. The lowest BCUT2D eigenvalue weighted by atomic mass is 10.0. The SMILES string of the molecule is CNCc1cc(-c2ccccc2OC)ccc1Cl. The summed E-state index contributed by atoms with van der Waals surface area (Å²) in [6.45, 7) is 0.752. The molecule has 0 fully saturated rings. The van der Waals surface area contributed by atoms with Crippen molar-refractivity contribution in [3.63, 3.8) is 0 Å². The summed E-state index contributed by atoms with van der Waals surface area (Å²) < 4.78 is 5.38. The molecule has 0 atom stereocenters. The van der Waals surface area contributed by atoms with Crippen molar-refractivity contribution in [3.05, 3.63) is 53.1 Å². The highest BCUT2D eigenvalue weighted by Crippen LogP contribution is 2.31. The Labute approximate surface area is 113 Å². The molecule has 0 aliphatic heterocycles. The van der Waals surface area contributed by atoms with Gasteiger partial charge in [0.15, 0.2) is 0 Å². The predicted octanol–water partition coefficient (Wildman–Crippen LogP) is 3.74. The summed E-state index contributed by atoms with van der Waals surface area (Å²) in [5.74, 6) is 0.871. The second kappa shape index (κ2) is 5.89. The van der Waals surface area contributed by atoms with Crippen LogP contribution in [0.2, 0.25) is 5.02 Å². The molecule has 0 amide bonds. The molecule has 0 aromatic heterocycles. The average Bonchev–Trinajstić information content (AvgIpc) is 2.41. The van der Waals surface area contributed by atoms with E-state index >= 15 is 0 Å². The van der Waals surface area contributed by atoms with Crippen LogP contribution in [-0.4, -0.2) is 14.2 Å². The quantitative estimate of drug-likeness (QED) is 0.905. The molecule has 0 saturated carbocycles. The van der Waals surface area contributed by atoms with Crippen molar-refractivity contribution in [1.82, 2.24) is 5.32 Å². The van der Waals surface area contributed by atoms with Crippen LogP contribution in [0.5, 0.6) is 5.75 Å². The number of benzene rings is 2. The van der Waals surface area contributed by atoms with Gasteiger partial charge in [-0.25, -0.2) is 0 Å². The van der Waals surface area contributed by atoms with Crippen LogP contribution >= 0.6 is 11.6 Å².